The third-order valence-corrected chi connectivity index (χ3v) is 2.75. The summed E-state index contributed by atoms with van der Waals surface area (Å²) in [6, 6.07) is 13.1. The van der Waals surface area contributed by atoms with Crippen molar-refractivity contribution in [1.82, 2.24) is 0 Å². The summed E-state index contributed by atoms with van der Waals surface area (Å²) in [5.74, 6) is 0.906. The zero-order chi connectivity index (χ0) is 13.5. The molecule has 98 valence electrons. The Balaban J connectivity index is 1.99. The van der Waals surface area contributed by atoms with Crippen molar-refractivity contribution in [1.29, 1.82) is 0 Å². The van der Waals surface area contributed by atoms with Crippen LogP contribution in [0.3, 0.4) is 0 Å². The maximum Gasteiger partial charge on any atom is 0.227 e. The largest absolute Gasteiger partial charge is 0.494 e. The summed E-state index contributed by atoms with van der Waals surface area (Å²) in [7, 11) is 0. The molecule has 3 nitrogen and oxygen atoms in total. The van der Waals surface area contributed by atoms with Crippen LogP contribution in [0.25, 0.3) is 0 Å². The quantitative estimate of drug-likeness (QED) is 0.587. The molecule has 0 N–H and O–H groups in total. The number of nitrogens with zero attached hydrogens (tertiary/aromatic N) is 1. The highest BCUT2D eigenvalue weighted by molar-refractivity contribution is 5.95. The summed E-state index contributed by atoms with van der Waals surface area (Å²) in [6.45, 7) is 3.12. The fourth-order valence-electron chi connectivity index (χ4n) is 1.75. The first kappa shape index (κ1) is 13.3. The number of hydrogen-bond acceptors (Lipinski definition) is 2. The van der Waals surface area contributed by atoms with Crippen LogP contribution in [0.2, 0.25) is 0 Å². The van der Waals surface area contributed by atoms with E-state index in [1.54, 1.807) is 0 Å². The van der Waals surface area contributed by atoms with E-state index in [4.69, 9.17) is 4.74 Å². The van der Waals surface area contributed by atoms with Gasteiger partial charge in [0.2, 0.25) is 12.3 Å². The summed E-state index contributed by atoms with van der Waals surface area (Å²) in [6.07, 6.45) is 4.75. The van der Waals surface area contributed by atoms with Gasteiger partial charge in [-0.25, -0.2) is 0 Å². The van der Waals surface area contributed by atoms with Crippen LogP contribution in [-0.2, 0) is 6.54 Å². The van der Waals surface area contributed by atoms with Gasteiger partial charge in [0.05, 0.1) is 6.61 Å². The van der Waals surface area contributed by atoms with Crippen molar-refractivity contribution in [2.75, 3.05) is 6.61 Å². The molecule has 0 radical (unpaired) electrons. The molecule has 0 atom stereocenters. The van der Waals surface area contributed by atoms with Crippen molar-refractivity contribution in [3.8, 4) is 5.75 Å². The Morgan fingerprint density at radius 1 is 1.11 bits per heavy atom. The zero-order valence-electron chi connectivity index (χ0n) is 11.1. The van der Waals surface area contributed by atoms with Gasteiger partial charge >= 0.3 is 0 Å². The Labute approximate surface area is 113 Å². The number of ketones is 1. The second-order valence-electron chi connectivity index (χ2n) is 4.34. The average Bonchev–Trinajstić information content (AvgIpc) is 2.46. The van der Waals surface area contributed by atoms with Crippen molar-refractivity contribution in [2.45, 2.75) is 19.9 Å². The number of rotatable bonds is 6. The summed E-state index contributed by atoms with van der Waals surface area (Å²) < 4.78 is 7.36. The zero-order valence-corrected chi connectivity index (χ0v) is 11.1. The smallest absolute Gasteiger partial charge is 0.227 e. The van der Waals surface area contributed by atoms with Crippen molar-refractivity contribution >= 4 is 5.78 Å². The molecule has 3 heteroatoms. The number of Topliss-reactive ketones (excluding diaryl/α,β-unsaturated/α-hetero) is 1. The molecular formula is C16H18NO2+. The van der Waals surface area contributed by atoms with Gasteiger partial charge in [0.15, 0.2) is 12.4 Å². The van der Waals surface area contributed by atoms with Gasteiger partial charge in [-0.2, -0.15) is 4.57 Å². The van der Waals surface area contributed by atoms with Crippen LogP contribution in [-0.4, -0.2) is 12.4 Å². The van der Waals surface area contributed by atoms with E-state index >= 15 is 0 Å². The Kier molecular flexibility index (Phi) is 4.67. The SMILES string of the molecule is CCCOc1ccc(C(=O)C[n+]2ccccc2)cc1. The second kappa shape index (κ2) is 6.69. The molecule has 0 spiro atoms. The lowest BCUT2D eigenvalue weighted by Crippen LogP contribution is -2.36. The number of carbonyl (C=O) groups excluding carboxylic acids is 1. The summed E-state index contributed by atoms with van der Waals surface area (Å²) in [5.41, 5.74) is 0.709. The first-order valence-electron chi connectivity index (χ1n) is 6.49. The first-order valence-corrected chi connectivity index (χ1v) is 6.49. The van der Waals surface area contributed by atoms with Gasteiger partial charge in [0.1, 0.15) is 5.75 Å². The number of pyridine rings is 1. The van der Waals surface area contributed by atoms with Crippen molar-refractivity contribution in [2.24, 2.45) is 0 Å². The lowest BCUT2D eigenvalue weighted by Gasteiger charge is -2.04. The minimum Gasteiger partial charge on any atom is -0.494 e. The van der Waals surface area contributed by atoms with Gasteiger partial charge in [-0.3, -0.25) is 4.79 Å². The third-order valence-electron chi connectivity index (χ3n) is 2.75. The van der Waals surface area contributed by atoms with E-state index in [0.717, 1.165) is 12.2 Å². The van der Waals surface area contributed by atoms with Crippen LogP contribution in [0.5, 0.6) is 5.75 Å². The third kappa shape index (κ3) is 3.91. The van der Waals surface area contributed by atoms with Gasteiger partial charge in [0.25, 0.3) is 0 Å². The molecule has 1 aromatic carbocycles. The van der Waals surface area contributed by atoms with Crippen LogP contribution in [0.1, 0.15) is 23.7 Å². The van der Waals surface area contributed by atoms with Crippen LogP contribution >= 0.6 is 0 Å². The van der Waals surface area contributed by atoms with Crippen molar-refractivity contribution < 1.29 is 14.1 Å². The maximum absolute atomic E-state index is 12.1. The van der Waals surface area contributed by atoms with Crippen LogP contribution in [0, 0.1) is 0 Å². The lowest BCUT2D eigenvalue weighted by molar-refractivity contribution is -0.683. The highest BCUT2D eigenvalue weighted by Crippen LogP contribution is 2.12. The molecule has 0 fully saturated rings. The highest BCUT2D eigenvalue weighted by atomic mass is 16.5. The molecule has 0 bridgehead atoms. The molecular weight excluding hydrogens is 238 g/mol. The number of hydrogen-bond donors (Lipinski definition) is 0. The van der Waals surface area contributed by atoms with Gasteiger partial charge in [-0.05, 0) is 30.7 Å². The van der Waals surface area contributed by atoms with Crippen LogP contribution < -0.4 is 9.30 Å². The number of benzene rings is 1. The van der Waals surface area contributed by atoms with Crippen molar-refractivity contribution in [3.05, 3.63) is 60.4 Å². The van der Waals surface area contributed by atoms with E-state index in [1.807, 2.05) is 59.4 Å². The molecule has 0 saturated carbocycles. The van der Waals surface area contributed by atoms with E-state index in [-0.39, 0.29) is 5.78 Å². The molecule has 1 heterocycles. The van der Waals surface area contributed by atoms with E-state index in [0.29, 0.717) is 18.7 Å². The predicted octanol–water partition coefficient (Wildman–Crippen LogP) is 2.65. The lowest BCUT2D eigenvalue weighted by atomic mass is 10.1. The molecule has 19 heavy (non-hydrogen) atoms. The van der Waals surface area contributed by atoms with Gasteiger partial charge in [-0.15, -0.1) is 0 Å². The molecule has 2 aromatic rings. The van der Waals surface area contributed by atoms with Gasteiger partial charge < -0.3 is 4.74 Å². The molecule has 0 aliphatic rings. The molecule has 0 saturated heterocycles. The predicted molar refractivity (Wildman–Crippen MR) is 73.2 cm³/mol. The Hall–Kier alpha value is -2.16. The van der Waals surface area contributed by atoms with E-state index in [1.165, 1.54) is 0 Å². The van der Waals surface area contributed by atoms with Crippen molar-refractivity contribution in [3.63, 3.8) is 0 Å². The van der Waals surface area contributed by atoms with Gasteiger partial charge in [0, 0.05) is 17.7 Å². The first-order chi connectivity index (χ1) is 9.29. The highest BCUT2D eigenvalue weighted by Gasteiger charge is 2.11. The van der Waals surface area contributed by atoms with E-state index in [9.17, 15) is 4.79 Å². The average molecular weight is 256 g/mol. The molecule has 0 unspecified atom stereocenters. The monoisotopic (exact) mass is 256 g/mol. The minimum absolute atomic E-state index is 0.0956. The number of carbonyl (C=O) groups is 1. The molecule has 2 rings (SSSR count). The molecule has 1 aromatic heterocycles. The molecule has 0 aliphatic heterocycles. The molecule has 0 amide bonds. The van der Waals surface area contributed by atoms with Gasteiger partial charge in [-0.1, -0.05) is 13.0 Å². The summed E-state index contributed by atoms with van der Waals surface area (Å²) in [4.78, 5) is 12.1. The summed E-state index contributed by atoms with van der Waals surface area (Å²) in [5, 5.41) is 0. The van der Waals surface area contributed by atoms with E-state index < -0.39 is 0 Å². The summed E-state index contributed by atoms with van der Waals surface area (Å²) >= 11 is 0. The second-order valence-corrected chi connectivity index (χ2v) is 4.34. The van der Waals surface area contributed by atoms with E-state index in [2.05, 4.69) is 6.92 Å². The number of aromatic nitrogens is 1. The topological polar surface area (TPSA) is 30.2 Å². The Morgan fingerprint density at radius 2 is 1.79 bits per heavy atom. The molecule has 0 aliphatic carbocycles. The fourth-order valence-corrected chi connectivity index (χ4v) is 1.75. The Bertz CT molecular complexity index is 520. The van der Waals surface area contributed by atoms with Crippen LogP contribution in [0.4, 0.5) is 0 Å². The maximum atomic E-state index is 12.1. The fraction of sp³-hybridized carbons (Fsp3) is 0.250. The standard InChI is InChI=1S/C16H18NO2/c1-2-12-19-15-8-6-14(7-9-15)16(18)13-17-10-4-3-5-11-17/h3-11H,2,12-13H2,1H3/q+1. The number of ether oxygens (including phenoxy) is 1. The van der Waals surface area contributed by atoms with Crippen LogP contribution in [0.15, 0.2) is 54.9 Å². The Morgan fingerprint density at radius 3 is 2.42 bits per heavy atom. The minimum atomic E-state index is 0.0956. The normalized spacial score (nSPS) is 10.2.